The molecule has 1 fully saturated rings. The van der Waals surface area contributed by atoms with Crippen molar-refractivity contribution in [1.82, 2.24) is 4.90 Å². The highest BCUT2D eigenvalue weighted by Crippen LogP contribution is 2.27. The molecule has 3 heteroatoms. The largest absolute Gasteiger partial charge is 0.389 e. The van der Waals surface area contributed by atoms with E-state index in [1.807, 2.05) is 18.2 Å². The maximum absolute atomic E-state index is 10.8. The van der Waals surface area contributed by atoms with Crippen LogP contribution in [0.25, 0.3) is 0 Å². The van der Waals surface area contributed by atoms with Crippen LogP contribution in [0.15, 0.2) is 24.3 Å². The van der Waals surface area contributed by atoms with Gasteiger partial charge in [0, 0.05) is 18.0 Å². The molecule has 1 atom stereocenters. The van der Waals surface area contributed by atoms with Crippen LogP contribution in [0, 0.1) is 0 Å². The quantitative estimate of drug-likeness (QED) is 0.913. The summed E-state index contributed by atoms with van der Waals surface area (Å²) in [5.41, 5.74) is 0.576. The molecule has 1 unspecified atom stereocenters. The SMILES string of the molecule is CCCN1CCCC(O)(Cc2cccc(Cl)c2)CC1. The van der Waals surface area contributed by atoms with Gasteiger partial charge in [-0.2, -0.15) is 0 Å². The lowest BCUT2D eigenvalue weighted by Crippen LogP contribution is -2.33. The van der Waals surface area contributed by atoms with Crippen LogP contribution >= 0.6 is 11.6 Å². The van der Waals surface area contributed by atoms with Crippen molar-refractivity contribution in [3.63, 3.8) is 0 Å². The zero-order chi connectivity index (χ0) is 13.7. The van der Waals surface area contributed by atoms with Crippen LogP contribution in [-0.2, 0) is 6.42 Å². The van der Waals surface area contributed by atoms with Gasteiger partial charge in [0.1, 0.15) is 0 Å². The molecule has 1 saturated heterocycles. The lowest BCUT2D eigenvalue weighted by atomic mass is 9.88. The van der Waals surface area contributed by atoms with Gasteiger partial charge in [-0.15, -0.1) is 0 Å². The van der Waals surface area contributed by atoms with Crippen LogP contribution in [0.2, 0.25) is 5.02 Å². The summed E-state index contributed by atoms with van der Waals surface area (Å²) in [4.78, 5) is 2.47. The van der Waals surface area contributed by atoms with E-state index >= 15 is 0 Å². The van der Waals surface area contributed by atoms with Crippen molar-refractivity contribution in [1.29, 1.82) is 0 Å². The molecule has 0 radical (unpaired) electrons. The maximum atomic E-state index is 10.8. The van der Waals surface area contributed by atoms with Crippen molar-refractivity contribution in [3.8, 4) is 0 Å². The number of aliphatic hydroxyl groups is 1. The predicted octanol–water partition coefficient (Wildman–Crippen LogP) is 3.51. The normalized spacial score (nSPS) is 25.2. The molecule has 19 heavy (non-hydrogen) atoms. The lowest BCUT2D eigenvalue weighted by molar-refractivity contribution is 0.0257. The van der Waals surface area contributed by atoms with Crippen LogP contribution in [0.5, 0.6) is 0 Å². The molecule has 1 aliphatic heterocycles. The van der Waals surface area contributed by atoms with Crippen LogP contribution in [-0.4, -0.2) is 35.2 Å². The summed E-state index contributed by atoms with van der Waals surface area (Å²) in [6, 6.07) is 7.86. The highest BCUT2D eigenvalue weighted by atomic mass is 35.5. The summed E-state index contributed by atoms with van der Waals surface area (Å²) in [6.07, 6.45) is 4.73. The highest BCUT2D eigenvalue weighted by molar-refractivity contribution is 6.30. The number of halogens is 1. The molecular formula is C16H24ClNO. The minimum atomic E-state index is -0.562. The Morgan fingerprint density at radius 3 is 2.89 bits per heavy atom. The van der Waals surface area contributed by atoms with E-state index in [2.05, 4.69) is 17.9 Å². The molecule has 106 valence electrons. The molecule has 1 aromatic rings. The number of likely N-dealkylation sites (tertiary alicyclic amines) is 1. The van der Waals surface area contributed by atoms with Gasteiger partial charge in [-0.1, -0.05) is 30.7 Å². The molecule has 0 spiro atoms. The Morgan fingerprint density at radius 1 is 1.32 bits per heavy atom. The predicted molar refractivity (Wildman–Crippen MR) is 80.7 cm³/mol. The molecule has 0 aromatic heterocycles. The molecule has 1 aliphatic rings. The Balaban J connectivity index is 1.98. The van der Waals surface area contributed by atoms with Crippen molar-refractivity contribution >= 4 is 11.6 Å². The van der Waals surface area contributed by atoms with Crippen molar-refractivity contribution in [3.05, 3.63) is 34.9 Å². The Kier molecular flexibility index (Phi) is 5.26. The van der Waals surface area contributed by atoms with E-state index in [9.17, 15) is 5.11 Å². The third kappa shape index (κ3) is 4.48. The van der Waals surface area contributed by atoms with Crippen LogP contribution in [0.4, 0.5) is 0 Å². The summed E-state index contributed by atoms with van der Waals surface area (Å²) >= 11 is 6.01. The number of hydrogen-bond acceptors (Lipinski definition) is 2. The first kappa shape index (κ1) is 14.8. The van der Waals surface area contributed by atoms with Crippen molar-refractivity contribution in [2.24, 2.45) is 0 Å². The zero-order valence-corrected chi connectivity index (χ0v) is 12.5. The Labute approximate surface area is 121 Å². The van der Waals surface area contributed by atoms with Crippen LogP contribution in [0.1, 0.15) is 38.2 Å². The van der Waals surface area contributed by atoms with E-state index in [0.717, 1.165) is 49.5 Å². The lowest BCUT2D eigenvalue weighted by Gasteiger charge is -2.27. The summed E-state index contributed by atoms with van der Waals surface area (Å²) in [5, 5.41) is 11.6. The van der Waals surface area contributed by atoms with Gasteiger partial charge < -0.3 is 10.0 Å². The summed E-state index contributed by atoms with van der Waals surface area (Å²) in [6.45, 7) is 5.48. The third-order valence-corrected chi connectivity index (χ3v) is 4.21. The van der Waals surface area contributed by atoms with Crippen molar-refractivity contribution < 1.29 is 5.11 Å². The fraction of sp³-hybridized carbons (Fsp3) is 0.625. The molecule has 2 rings (SSSR count). The monoisotopic (exact) mass is 281 g/mol. The zero-order valence-electron chi connectivity index (χ0n) is 11.7. The summed E-state index contributed by atoms with van der Waals surface area (Å²) in [5.74, 6) is 0. The average Bonchev–Trinajstić information content (AvgIpc) is 2.53. The second-order valence-corrected chi connectivity index (χ2v) is 6.16. The van der Waals surface area contributed by atoms with Crippen LogP contribution in [0.3, 0.4) is 0 Å². The molecule has 2 nitrogen and oxygen atoms in total. The molecule has 1 aromatic carbocycles. The molecular weight excluding hydrogens is 258 g/mol. The smallest absolute Gasteiger partial charge is 0.0700 e. The van der Waals surface area contributed by atoms with Gasteiger partial charge in [0.05, 0.1) is 5.60 Å². The number of nitrogens with zero attached hydrogens (tertiary/aromatic N) is 1. The molecule has 1 heterocycles. The third-order valence-electron chi connectivity index (χ3n) is 3.97. The molecule has 0 saturated carbocycles. The second kappa shape index (κ2) is 6.74. The Morgan fingerprint density at radius 2 is 2.16 bits per heavy atom. The van der Waals surface area contributed by atoms with E-state index in [1.54, 1.807) is 0 Å². The minimum absolute atomic E-state index is 0.562. The first-order valence-electron chi connectivity index (χ1n) is 7.30. The van der Waals surface area contributed by atoms with Crippen molar-refractivity contribution in [2.45, 2.75) is 44.6 Å². The fourth-order valence-electron chi connectivity index (χ4n) is 2.98. The van der Waals surface area contributed by atoms with Gasteiger partial charge in [-0.25, -0.2) is 0 Å². The standard InChI is InChI=1S/C16H24ClNO/c1-2-9-18-10-4-7-16(19,8-11-18)13-14-5-3-6-15(17)12-14/h3,5-6,12,19H,2,4,7-11,13H2,1H3. The van der Waals surface area contributed by atoms with Crippen LogP contribution < -0.4 is 0 Å². The van der Waals surface area contributed by atoms with Gasteiger partial charge >= 0.3 is 0 Å². The fourth-order valence-corrected chi connectivity index (χ4v) is 3.19. The summed E-state index contributed by atoms with van der Waals surface area (Å²) < 4.78 is 0. The van der Waals surface area contributed by atoms with Gasteiger partial charge in [-0.3, -0.25) is 0 Å². The molecule has 0 amide bonds. The van der Waals surface area contributed by atoms with E-state index in [0.29, 0.717) is 6.42 Å². The first-order chi connectivity index (χ1) is 9.11. The number of hydrogen-bond donors (Lipinski definition) is 1. The summed E-state index contributed by atoms with van der Waals surface area (Å²) in [7, 11) is 0. The van der Waals surface area contributed by atoms with E-state index in [-0.39, 0.29) is 0 Å². The van der Waals surface area contributed by atoms with Gasteiger partial charge in [0.2, 0.25) is 0 Å². The van der Waals surface area contributed by atoms with E-state index < -0.39 is 5.60 Å². The van der Waals surface area contributed by atoms with Gasteiger partial charge in [0.15, 0.2) is 0 Å². The van der Waals surface area contributed by atoms with E-state index in [4.69, 9.17) is 11.6 Å². The van der Waals surface area contributed by atoms with Gasteiger partial charge in [0.25, 0.3) is 0 Å². The highest BCUT2D eigenvalue weighted by Gasteiger charge is 2.30. The Bertz CT molecular complexity index is 409. The molecule has 0 aliphatic carbocycles. The Hall–Kier alpha value is -0.570. The molecule has 1 N–H and O–H groups in total. The first-order valence-corrected chi connectivity index (χ1v) is 7.68. The topological polar surface area (TPSA) is 23.5 Å². The second-order valence-electron chi connectivity index (χ2n) is 5.73. The van der Waals surface area contributed by atoms with E-state index in [1.165, 1.54) is 6.42 Å². The minimum Gasteiger partial charge on any atom is -0.389 e. The number of benzene rings is 1. The van der Waals surface area contributed by atoms with Gasteiger partial charge in [-0.05, 0) is 56.5 Å². The van der Waals surface area contributed by atoms with Crippen molar-refractivity contribution in [2.75, 3.05) is 19.6 Å². The molecule has 0 bridgehead atoms. The maximum Gasteiger partial charge on any atom is 0.0700 e. The number of rotatable bonds is 4. The average molecular weight is 282 g/mol.